The first kappa shape index (κ1) is 90.7. The fraction of sp³-hybridized carbons (Fsp3) is 0.163. The van der Waals surface area contributed by atoms with Crippen molar-refractivity contribution in [3.63, 3.8) is 0 Å². The monoisotopic (exact) mass is 1790 g/mol. The van der Waals surface area contributed by atoms with E-state index < -0.39 is 17.1 Å². The van der Waals surface area contributed by atoms with E-state index in [0.717, 1.165) is 27.2 Å². The van der Waals surface area contributed by atoms with Crippen LogP contribution in [-0.2, 0) is 20.8 Å². The van der Waals surface area contributed by atoms with Gasteiger partial charge in [-0.1, -0.05) is 78.2 Å². The maximum atomic E-state index is 14.0. The number of amides is 6. The normalized spacial score (nSPS) is 11.5. The predicted octanol–water partition coefficient (Wildman–Crippen LogP) is 10.2. The molecule has 39 heteroatoms. The first-order valence-corrected chi connectivity index (χ1v) is 42.3. The smallest absolute Gasteiger partial charge is 0.339 e. The van der Waals surface area contributed by atoms with E-state index in [1.54, 1.807) is 198 Å². The number of carbonyl (C=O) groups excluding carboxylic acids is 6. The van der Waals surface area contributed by atoms with Crippen molar-refractivity contribution in [3.8, 4) is 34.1 Å². The average molecular weight is 1800 g/mol. The van der Waals surface area contributed by atoms with Crippen LogP contribution >= 0.6 is 22.7 Å². The van der Waals surface area contributed by atoms with E-state index in [9.17, 15) is 43.2 Å². The van der Waals surface area contributed by atoms with E-state index in [-0.39, 0.29) is 58.5 Å². The number of nitrogen functional groups attached to an aromatic ring is 3. The van der Waals surface area contributed by atoms with Crippen LogP contribution in [-0.4, -0.2) is 211 Å². The molecule has 0 bridgehead atoms. The Morgan fingerprint density at radius 3 is 1.11 bits per heavy atom. The van der Waals surface area contributed by atoms with Gasteiger partial charge in [0.2, 0.25) is 22.9 Å². The number of aryl methyl sites for hydroxylation is 2. The molecule has 0 saturated heterocycles. The lowest BCUT2D eigenvalue weighted by atomic mass is 10.2. The number of nitrogens with one attached hydrogen (secondary N) is 3. The van der Waals surface area contributed by atoms with Crippen LogP contribution in [0.3, 0.4) is 0 Å². The quantitative estimate of drug-likeness (QED) is 0.0290. The Kier molecular flexibility index (Phi) is 27.7. The molecule has 0 aliphatic rings. The molecule has 0 aliphatic heterocycles. The number of pyridine rings is 1. The highest BCUT2D eigenvalue weighted by molar-refractivity contribution is 7.22. The van der Waals surface area contributed by atoms with Gasteiger partial charge in [0.15, 0.2) is 39.5 Å². The Bertz CT molecular complexity index is 7270. The highest BCUT2D eigenvalue weighted by Gasteiger charge is 2.27. The lowest BCUT2D eigenvalue weighted by Crippen LogP contribution is -2.25. The molecule has 16 aromatic rings. The van der Waals surface area contributed by atoms with Crippen LogP contribution in [0.4, 0.5) is 50.6 Å². The molecule has 0 aliphatic carbocycles. The number of nitrogens with zero attached hydrogens (tertiary/aromatic N) is 22. The Balaban J connectivity index is 0.000000158. The van der Waals surface area contributed by atoms with Gasteiger partial charge in [-0.25, -0.2) is 68.0 Å². The summed E-state index contributed by atoms with van der Waals surface area (Å²) in [5, 5.41) is 17.8. The van der Waals surface area contributed by atoms with E-state index in [4.69, 9.17) is 17.2 Å². The third-order valence-electron chi connectivity index (χ3n) is 20.5. The van der Waals surface area contributed by atoms with Crippen molar-refractivity contribution >= 4 is 152 Å². The van der Waals surface area contributed by atoms with Gasteiger partial charge in [0.25, 0.3) is 17.7 Å². The van der Waals surface area contributed by atoms with Crippen molar-refractivity contribution in [1.29, 1.82) is 0 Å². The van der Waals surface area contributed by atoms with Gasteiger partial charge in [0.05, 0.1) is 44.3 Å². The molecule has 0 saturated carbocycles. The number of rotatable bonds is 25. The number of aromatic nitrogens is 16. The van der Waals surface area contributed by atoms with E-state index in [2.05, 4.69) is 66.0 Å². The molecule has 37 nitrogen and oxygen atoms in total. The maximum Gasteiger partial charge on any atom is 0.339 e. The summed E-state index contributed by atoms with van der Waals surface area (Å²) in [6.07, 6.45) is 16.3. The molecular formula is C92H90N28O9S2. The van der Waals surface area contributed by atoms with Gasteiger partial charge in [-0.15, -0.1) is 10.2 Å². The number of nitrogens with two attached hydrogens (primary N) is 3. The molecule has 16 rings (SSSR count). The van der Waals surface area contributed by atoms with Gasteiger partial charge in [0, 0.05) is 99.0 Å². The molecule has 9 heterocycles. The number of likely N-dealkylation sites (N-methyl/N-ethyl adjacent to an activating group) is 6. The van der Waals surface area contributed by atoms with Crippen molar-refractivity contribution in [2.24, 2.45) is 0 Å². The number of hydrogen-bond donors (Lipinski definition) is 6. The van der Waals surface area contributed by atoms with E-state index in [0.29, 0.717) is 131 Å². The lowest BCUT2D eigenvalue weighted by molar-refractivity contribution is -0.114. The zero-order valence-corrected chi connectivity index (χ0v) is 74.6. The summed E-state index contributed by atoms with van der Waals surface area (Å²) in [7, 11) is 16.5. The SMILES string of the molecule is CCc1ccnc(NC(=O)c2ccc(-n3c(=O)n(-c4cccc(N(C)C(=O)/C=C/CN(C)C)c4)c4ncnc(N)c43)cc2)c1.CN(C)C/C=C/C(=O)N(C)c1cccc(-n2c(=O)n(-c3ccc(C(=O)Nc4nc5ccccc5s4)cc3)c3c(N)ncnc32)c1.Cc1nnc(NC(=O)c2ccc(-n3c(=O)n(-c4cccc(N(C)C(=O)/C=C/CN(C)C)c4)c4ncnc(N)c43)cc2)s1. The highest BCUT2D eigenvalue weighted by atomic mass is 32.1. The van der Waals surface area contributed by atoms with Crippen LogP contribution in [0.2, 0.25) is 0 Å². The standard InChI is InChI=1S/C32H29N9O3S.C32H33N9O3.C28H28N10O3S/c1-38(2)17-7-12-26(42)39(3)22-8-6-9-23(18-22)41-29-27(28(33)34-19-35-29)40(32(41)44)21-15-13-20(14-16-21)30(43)37-31-36-24-10-4-5-11-25(24)45-31;1-5-21-15-16-34-26(18-21)37-31(43)22-11-13-23(14-12-22)40-28-29(33)35-20-36-30(28)41(32(40)44)25-9-6-8-24(19-25)39(4)27(42)10-7-17-38(2)3;1-17-33-34-27(42-17)32-26(40)18-10-12-19(13-11-18)37-23-24(29)30-16-31-25(23)38(28(37)41)21-8-5-7-20(15-21)36(4)22(39)9-6-14-35(2)3/h4-16,18-19H,17H2,1-3H3,(H2,33,34,35)(H,36,37,43);6-16,18-20H,5,17H2,1-4H3,(H2,33,35,36)(H,34,37,43);5-13,15-16H,14H2,1-4H3,(H2,29,30,31)(H,32,34,40)/b12-7+;10-7+;9-6+. The molecule has 131 heavy (non-hydrogen) atoms. The maximum absolute atomic E-state index is 14.0. The summed E-state index contributed by atoms with van der Waals surface area (Å²) >= 11 is 2.66. The second kappa shape index (κ2) is 40.0. The summed E-state index contributed by atoms with van der Waals surface area (Å²) in [5.41, 5.74) is 26.9. The van der Waals surface area contributed by atoms with E-state index in [1.807, 2.05) is 100 Å². The van der Waals surface area contributed by atoms with Crippen LogP contribution in [0.1, 0.15) is 48.6 Å². The molecule has 9 N–H and O–H groups in total. The molecule has 7 aromatic carbocycles. The van der Waals surface area contributed by atoms with Gasteiger partial charge in [-0.3, -0.25) is 53.1 Å². The topological polar surface area (TPSA) is 446 Å². The van der Waals surface area contributed by atoms with Crippen molar-refractivity contribution in [2.75, 3.05) is 131 Å². The lowest BCUT2D eigenvalue weighted by Gasteiger charge is -2.16. The minimum Gasteiger partial charge on any atom is -0.382 e. The van der Waals surface area contributed by atoms with E-state index in [1.165, 1.54) is 102 Å². The minimum atomic E-state index is -0.448. The first-order chi connectivity index (χ1) is 63.0. The average Bonchev–Trinajstić information content (AvgIpc) is 1.60. The Morgan fingerprint density at radius 2 is 0.756 bits per heavy atom. The number of carbonyl (C=O) groups is 6. The van der Waals surface area contributed by atoms with Crippen LogP contribution in [0, 0.1) is 6.92 Å². The molecule has 0 spiro atoms. The molecule has 0 radical (unpaired) electrons. The van der Waals surface area contributed by atoms with Gasteiger partial charge < -0.3 is 51.9 Å². The Morgan fingerprint density at radius 1 is 0.389 bits per heavy atom. The van der Waals surface area contributed by atoms with Crippen molar-refractivity contribution < 1.29 is 28.8 Å². The number of anilines is 9. The summed E-state index contributed by atoms with van der Waals surface area (Å²) in [4.78, 5) is 163. The third-order valence-corrected chi connectivity index (χ3v) is 22.2. The molecule has 9 aromatic heterocycles. The number of fused-ring (bicyclic) bond motifs is 4. The fourth-order valence-corrected chi connectivity index (χ4v) is 15.2. The van der Waals surface area contributed by atoms with Gasteiger partial charge >= 0.3 is 17.1 Å². The first-order valence-electron chi connectivity index (χ1n) is 40.7. The molecular weight excluding hydrogens is 1710 g/mol. The second-order valence-corrected chi connectivity index (χ2v) is 32.6. The number of hydrogen-bond acceptors (Lipinski definition) is 27. The number of thiazole rings is 1. The Labute approximate surface area is 756 Å². The summed E-state index contributed by atoms with van der Waals surface area (Å²) in [6.45, 7) is 5.71. The minimum absolute atomic E-state index is 0.110. The second-order valence-electron chi connectivity index (χ2n) is 30.4. The van der Waals surface area contributed by atoms with Gasteiger partial charge in [-0.2, -0.15) is 0 Å². The molecule has 0 fully saturated rings. The largest absolute Gasteiger partial charge is 0.382 e. The molecule has 0 unspecified atom stereocenters. The van der Waals surface area contributed by atoms with Crippen molar-refractivity contribution in [2.45, 2.75) is 20.3 Å². The number of imidazole rings is 3. The zero-order chi connectivity index (χ0) is 93.0. The van der Waals surface area contributed by atoms with Crippen LogP contribution < -0.4 is 64.9 Å². The summed E-state index contributed by atoms with van der Waals surface area (Å²) < 4.78 is 9.44. The highest BCUT2D eigenvalue weighted by Crippen LogP contribution is 2.32. The van der Waals surface area contributed by atoms with Crippen molar-refractivity contribution in [3.05, 3.63) is 302 Å². The van der Waals surface area contributed by atoms with Gasteiger partial charge in [-0.05, 0) is 213 Å². The third kappa shape index (κ3) is 20.3. The van der Waals surface area contributed by atoms with Crippen LogP contribution in [0.5, 0.6) is 0 Å². The fourth-order valence-electron chi connectivity index (χ4n) is 13.7. The molecule has 664 valence electrons. The predicted molar refractivity (Wildman–Crippen MR) is 512 cm³/mol. The number of para-hydroxylation sites is 1. The summed E-state index contributed by atoms with van der Waals surface area (Å²) in [5.74, 6) is -0.839. The van der Waals surface area contributed by atoms with E-state index >= 15 is 0 Å². The molecule has 0 atom stereocenters. The van der Waals surface area contributed by atoms with Crippen LogP contribution in [0.15, 0.2) is 258 Å². The number of benzene rings is 7. The molecule has 6 amide bonds. The van der Waals surface area contributed by atoms with Crippen LogP contribution in [0.25, 0.3) is 77.8 Å². The van der Waals surface area contributed by atoms with Gasteiger partial charge in [0.1, 0.15) is 46.4 Å². The zero-order valence-electron chi connectivity index (χ0n) is 73.0. The Hall–Kier alpha value is -16.5. The van der Waals surface area contributed by atoms with Crippen molar-refractivity contribution in [1.82, 2.24) is 92.2 Å². The summed E-state index contributed by atoms with van der Waals surface area (Å²) in [6, 6.07) is 52.0.